The molecule has 0 fully saturated rings. The van der Waals surface area contributed by atoms with Gasteiger partial charge in [0.15, 0.2) is 0 Å². The van der Waals surface area contributed by atoms with Crippen LogP contribution < -0.4 is 5.73 Å². The van der Waals surface area contributed by atoms with E-state index in [1.165, 1.54) is 0 Å². The molecule has 0 aromatic heterocycles. The normalized spacial score (nSPS) is 34.3. The molecule has 0 saturated heterocycles. The Balaban J connectivity index is 2.70. The summed E-state index contributed by atoms with van der Waals surface area (Å²) in [6, 6.07) is 0.0856. The number of azo groups is 1. The summed E-state index contributed by atoms with van der Waals surface area (Å²) in [6.45, 7) is 3.73. The first-order chi connectivity index (χ1) is 4.20. The van der Waals surface area contributed by atoms with Gasteiger partial charge in [0, 0.05) is 0 Å². The third-order valence-electron chi connectivity index (χ3n) is 1.22. The summed E-state index contributed by atoms with van der Waals surface area (Å²) in [5.41, 5.74) is 5.47. The highest BCUT2D eigenvalue weighted by molar-refractivity contribution is 5.80. The molecule has 1 heterocycles. The molecule has 1 aliphatic heterocycles. The molecule has 9 heavy (non-hydrogen) atoms. The lowest BCUT2D eigenvalue weighted by molar-refractivity contribution is 0.548. The molecule has 0 amide bonds. The van der Waals surface area contributed by atoms with Crippen LogP contribution in [0.3, 0.4) is 0 Å². The van der Waals surface area contributed by atoms with E-state index < -0.39 is 0 Å². The van der Waals surface area contributed by atoms with E-state index in [9.17, 15) is 0 Å². The fourth-order valence-electron chi connectivity index (χ4n) is 0.644. The van der Waals surface area contributed by atoms with E-state index in [4.69, 9.17) is 5.73 Å². The van der Waals surface area contributed by atoms with Crippen LogP contribution >= 0.6 is 0 Å². The van der Waals surface area contributed by atoms with Gasteiger partial charge in [-0.1, -0.05) is 0 Å². The van der Waals surface area contributed by atoms with Crippen molar-refractivity contribution in [3.63, 3.8) is 0 Å². The number of hydrogen-bond acceptors (Lipinski definition) is 4. The monoisotopic (exact) mass is 126 g/mol. The zero-order chi connectivity index (χ0) is 6.85. The molecule has 4 nitrogen and oxygen atoms in total. The molecule has 0 radical (unpaired) electrons. The van der Waals surface area contributed by atoms with E-state index in [2.05, 4.69) is 15.2 Å². The molecule has 0 bridgehead atoms. The van der Waals surface area contributed by atoms with E-state index in [1.807, 2.05) is 13.8 Å². The first-order valence-electron chi connectivity index (χ1n) is 2.91. The van der Waals surface area contributed by atoms with E-state index in [0.717, 1.165) is 0 Å². The Kier molecular flexibility index (Phi) is 1.57. The first kappa shape index (κ1) is 6.35. The van der Waals surface area contributed by atoms with Gasteiger partial charge in [0.2, 0.25) is 0 Å². The molecule has 0 spiro atoms. The lowest BCUT2D eigenvalue weighted by atomic mass is 10.3. The molecule has 50 valence electrons. The number of nitrogens with two attached hydrogens (primary N) is 1. The van der Waals surface area contributed by atoms with E-state index in [0.29, 0.717) is 5.84 Å². The summed E-state index contributed by atoms with van der Waals surface area (Å²) in [5.74, 6) is 0.712. The molecule has 1 aliphatic rings. The van der Waals surface area contributed by atoms with Crippen molar-refractivity contribution < 1.29 is 0 Å². The van der Waals surface area contributed by atoms with Crippen LogP contribution in [0.1, 0.15) is 13.8 Å². The Morgan fingerprint density at radius 2 is 2.22 bits per heavy atom. The molecule has 0 aromatic carbocycles. The van der Waals surface area contributed by atoms with Gasteiger partial charge in [-0.3, -0.25) is 4.99 Å². The minimum Gasteiger partial charge on any atom is -0.306 e. The van der Waals surface area contributed by atoms with Crippen molar-refractivity contribution in [1.82, 2.24) is 0 Å². The van der Waals surface area contributed by atoms with Gasteiger partial charge < -0.3 is 5.73 Å². The van der Waals surface area contributed by atoms with Crippen LogP contribution in [0.2, 0.25) is 0 Å². The molecule has 0 aromatic rings. The SMILES string of the molecule is CC1=NC(C)C(N)N=N1. The first-order valence-corrected chi connectivity index (χ1v) is 2.91. The second-order valence-corrected chi connectivity index (χ2v) is 2.12. The van der Waals surface area contributed by atoms with Gasteiger partial charge in [-0.15, -0.1) is 5.11 Å². The van der Waals surface area contributed by atoms with Crippen LogP contribution in [0.15, 0.2) is 15.2 Å². The minimum atomic E-state index is -0.242. The summed E-state index contributed by atoms with van der Waals surface area (Å²) in [7, 11) is 0. The summed E-state index contributed by atoms with van der Waals surface area (Å²) < 4.78 is 0. The third-order valence-corrected chi connectivity index (χ3v) is 1.22. The maximum Gasteiger partial charge on any atom is 0.143 e. The largest absolute Gasteiger partial charge is 0.306 e. The molecule has 0 saturated carbocycles. The Labute approximate surface area is 53.9 Å². The van der Waals surface area contributed by atoms with Crippen molar-refractivity contribution in [2.45, 2.75) is 26.1 Å². The highest BCUT2D eigenvalue weighted by atomic mass is 15.3. The molecular weight excluding hydrogens is 116 g/mol. The fraction of sp³-hybridized carbons (Fsp3) is 0.800. The van der Waals surface area contributed by atoms with Crippen LogP contribution in [0.4, 0.5) is 0 Å². The lowest BCUT2D eigenvalue weighted by Gasteiger charge is -2.13. The zero-order valence-corrected chi connectivity index (χ0v) is 5.57. The number of hydrogen-bond donors (Lipinski definition) is 1. The van der Waals surface area contributed by atoms with E-state index >= 15 is 0 Å². The average Bonchev–Trinajstić information content (AvgIpc) is 1.80. The third kappa shape index (κ3) is 1.32. The Bertz CT molecular complexity index is 160. The minimum absolute atomic E-state index is 0.0856. The number of aliphatic imine (C=N–C) groups is 1. The smallest absolute Gasteiger partial charge is 0.143 e. The lowest BCUT2D eigenvalue weighted by Crippen LogP contribution is -2.31. The van der Waals surface area contributed by atoms with Gasteiger partial charge in [-0.05, 0) is 13.8 Å². The number of rotatable bonds is 0. The highest BCUT2D eigenvalue weighted by Gasteiger charge is 2.13. The topological polar surface area (TPSA) is 63.1 Å². The number of amidine groups is 1. The van der Waals surface area contributed by atoms with Gasteiger partial charge in [0.05, 0.1) is 6.04 Å². The van der Waals surface area contributed by atoms with Crippen molar-refractivity contribution in [1.29, 1.82) is 0 Å². The van der Waals surface area contributed by atoms with E-state index in [1.54, 1.807) is 0 Å². The van der Waals surface area contributed by atoms with Crippen LogP contribution in [0.25, 0.3) is 0 Å². The van der Waals surface area contributed by atoms with E-state index in [-0.39, 0.29) is 12.2 Å². The van der Waals surface area contributed by atoms with Crippen molar-refractivity contribution in [2.75, 3.05) is 0 Å². The summed E-state index contributed by atoms with van der Waals surface area (Å²) in [6.07, 6.45) is -0.242. The van der Waals surface area contributed by atoms with Crippen molar-refractivity contribution in [3.8, 4) is 0 Å². The van der Waals surface area contributed by atoms with Crippen molar-refractivity contribution in [2.24, 2.45) is 21.0 Å². The Morgan fingerprint density at radius 3 is 2.67 bits per heavy atom. The average molecular weight is 126 g/mol. The predicted molar refractivity (Wildman–Crippen MR) is 35.4 cm³/mol. The number of nitrogens with zero attached hydrogens (tertiary/aromatic N) is 3. The maximum atomic E-state index is 5.47. The molecule has 2 atom stereocenters. The van der Waals surface area contributed by atoms with Gasteiger partial charge in [-0.2, -0.15) is 5.11 Å². The highest BCUT2D eigenvalue weighted by Crippen LogP contribution is 2.04. The Morgan fingerprint density at radius 1 is 1.56 bits per heavy atom. The van der Waals surface area contributed by atoms with Gasteiger partial charge in [0.1, 0.15) is 12.0 Å². The van der Waals surface area contributed by atoms with Crippen LogP contribution in [0.5, 0.6) is 0 Å². The quantitative estimate of drug-likeness (QED) is 0.506. The van der Waals surface area contributed by atoms with Crippen molar-refractivity contribution in [3.05, 3.63) is 0 Å². The standard InChI is InChI=1S/C5H10N4/c1-3-5(6)9-8-4(2)7-3/h3,5H,6H2,1-2H3. The summed E-state index contributed by atoms with van der Waals surface area (Å²) in [5, 5.41) is 7.48. The van der Waals surface area contributed by atoms with Crippen LogP contribution in [0, 0.1) is 0 Å². The van der Waals surface area contributed by atoms with Gasteiger partial charge in [0.25, 0.3) is 0 Å². The zero-order valence-electron chi connectivity index (χ0n) is 5.57. The van der Waals surface area contributed by atoms with Crippen LogP contribution in [-0.2, 0) is 0 Å². The van der Waals surface area contributed by atoms with Gasteiger partial charge >= 0.3 is 0 Å². The predicted octanol–water partition coefficient (Wildman–Crippen LogP) is 0.544. The van der Waals surface area contributed by atoms with Crippen LogP contribution in [-0.4, -0.2) is 18.0 Å². The van der Waals surface area contributed by atoms with Gasteiger partial charge in [-0.25, -0.2) is 0 Å². The molecule has 0 aliphatic carbocycles. The molecule has 2 unspecified atom stereocenters. The second-order valence-electron chi connectivity index (χ2n) is 2.12. The molecular formula is C5H10N4. The summed E-state index contributed by atoms with van der Waals surface area (Å²) >= 11 is 0. The van der Waals surface area contributed by atoms with Crippen molar-refractivity contribution >= 4 is 5.84 Å². The second kappa shape index (κ2) is 2.23. The molecule has 2 N–H and O–H groups in total. The molecule has 4 heteroatoms. The molecule has 1 rings (SSSR count). The fourth-order valence-corrected chi connectivity index (χ4v) is 0.644. The maximum absolute atomic E-state index is 5.47. The summed E-state index contributed by atoms with van der Waals surface area (Å²) in [4.78, 5) is 4.09. The Hall–Kier alpha value is -0.770.